The Morgan fingerprint density at radius 2 is 2.13 bits per heavy atom. The van der Waals surface area contributed by atoms with Crippen molar-refractivity contribution in [2.45, 2.75) is 25.3 Å². The van der Waals surface area contributed by atoms with E-state index in [1.165, 1.54) is 10.9 Å². The molecule has 9 heteroatoms. The Kier molecular flexibility index (Phi) is 4.64. The van der Waals surface area contributed by atoms with Crippen LogP contribution in [0.1, 0.15) is 18.4 Å². The van der Waals surface area contributed by atoms with Crippen molar-refractivity contribution in [1.29, 1.82) is 0 Å². The molecule has 31 heavy (non-hydrogen) atoms. The van der Waals surface area contributed by atoms with E-state index in [4.69, 9.17) is 5.73 Å². The van der Waals surface area contributed by atoms with Gasteiger partial charge in [0.2, 0.25) is 0 Å². The molecule has 2 aliphatic heterocycles. The molecule has 1 amide bonds. The number of aryl methyl sites for hydroxylation is 1. The van der Waals surface area contributed by atoms with Crippen LogP contribution in [0.3, 0.4) is 0 Å². The molecule has 158 valence electrons. The number of likely N-dealkylation sites (tertiary alicyclic amines) is 1. The molecule has 0 bridgehead atoms. The molecule has 0 radical (unpaired) electrons. The van der Waals surface area contributed by atoms with Crippen LogP contribution in [0.4, 0.5) is 17.2 Å². The third kappa shape index (κ3) is 3.32. The number of aromatic nitrogens is 2. The van der Waals surface area contributed by atoms with Crippen molar-refractivity contribution < 1.29 is 9.59 Å². The summed E-state index contributed by atoms with van der Waals surface area (Å²) in [6.45, 7) is 3.98. The first kappa shape index (κ1) is 19.5. The van der Waals surface area contributed by atoms with Crippen LogP contribution in [0.5, 0.6) is 0 Å². The number of nitrogen functional groups attached to an aromatic ring is 1. The van der Waals surface area contributed by atoms with Crippen LogP contribution >= 0.6 is 11.3 Å². The third-order valence-corrected chi connectivity index (χ3v) is 7.01. The molecule has 2 fully saturated rings. The van der Waals surface area contributed by atoms with E-state index in [0.29, 0.717) is 24.6 Å². The van der Waals surface area contributed by atoms with Crippen molar-refractivity contribution in [3.8, 4) is 0 Å². The number of nitrogens with zero attached hydrogens (tertiary/aromatic N) is 4. The first-order chi connectivity index (χ1) is 15.0. The van der Waals surface area contributed by atoms with Crippen LogP contribution < -0.4 is 16.0 Å². The van der Waals surface area contributed by atoms with Gasteiger partial charge >= 0.3 is 0 Å². The predicted octanol–water partition coefficient (Wildman–Crippen LogP) is 2.59. The minimum atomic E-state index is -0.482. The molecule has 8 nitrogen and oxygen atoms in total. The van der Waals surface area contributed by atoms with Crippen LogP contribution in [0.2, 0.25) is 0 Å². The van der Waals surface area contributed by atoms with Crippen molar-refractivity contribution >= 4 is 50.6 Å². The van der Waals surface area contributed by atoms with Gasteiger partial charge in [-0.2, -0.15) is 0 Å². The Morgan fingerprint density at radius 1 is 1.29 bits per heavy atom. The average molecular weight is 435 g/mol. The van der Waals surface area contributed by atoms with E-state index in [0.717, 1.165) is 36.2 Å². The highest BCUT2D eigenvalue weighted by Crippen LogP contribution is 2.42. The average Bonchev–Trinajstić information content (AvgIpc) is 3.37. The highest BCUT2D eigenvalue weighted by atomic mass is 32.1. The fraction of sp³-hybridized carbons (Fsp3) is 0.318. The second-order valence-electron chi connectivity index (χ2n) is 8.17. The molecular formula is C22H22N6O2S. The number of benzene rings is 1. The summed E-state index contributed by atoms with van der Waals surface area (Å²) in [6.07, 6.45) is 3.58. The number of rotatable bonds is 4. The minimum absolute atomic E-state index is 0.0157. The van der Waals surface area contributed by atoms with Crippen LogP contribution in [-0.4, -0.2) is 51.9 Å². The number of carbonyl (C=O) groups is 1. The molecule has 4 heterocycles. The first-order valence-corrected chi connectivity index (χ1v) is 11.0. The second-order valence-corrected chi connectivity index (χ2v) is 9.06. The largest absolute Gasteiger partial charge is 0.383 e. The van der Waals surface area contributed by atoms with Gasteiger partial charge in [-0.25, -0.2) is 14.8 Å². The summed E-state index contributed by atoms with van der Waals surface area (Å²) in [4.78, 5) is 37.0. The maximum absolute atomic E-state index is 12.7. The highest BCUT2D eigenvalue weighted by molar-refractivity contribution is 7.16. The Balaban J connectivity index is 1.31. The summed E-state index contributed by atoms with van der Waals surface area (Å²) in [5, 5.41) is 2.73. The molecule has 1 aromatic carbocycles. The summed E-state index contributed by atoms with van der Waals surface area (Å²) in [6, 6.07) is 8.10. The summed E-state index contributed by atoms with van der Waals surface area (Å²) in [5.41, 5.74) is 10.9. The first-order valence-electron chi connectivity index (χ1n) is 10.1. The van der Waals surface area contributed by atoms with Gasteiger partial charge in [0.15, 0.2) is 11.6 Å². The van der Waals surface area contributed by atoms with Gasteiger partial charge in [0.05, 0.1) is 33.2 Å². The topological polar surface area (TPSA) is 104 Å². The smallest absolute Gasteiger partial charge is 0.283 e. The monoisotopic (exact) mass is 434 g/mol. The van der Waals surface area contributed by atoms with Crippen LogP contribution in [-0.2, 0) is 9.59 Å². The third-order valence-electron chi connectivity index (χ3n) is 6.20. The molecule has 0 aliphatic carbocycles. The second kappa shape index (κ2) is 7.37. The van der Waals surface area contributed by atoms with E-state index in [1.54, 1.807) is 22.3 Å². The van der Waals surface area contributed by atoms with Gasteiger partial charge in [0.25, 0.3) is 5.91 Å². The van der Waals surface area contributed by atoms with Crippen molar-refractivity contribution in [2.75, 3.05) is 35.6 Å². The van der Waals surface area contributed by atoms with Gasteiger partial charge in [0, 0.05) is 25.3 Å². The molecule has 2 saturated heterocycles. The predicted molar refractivity (Wildman–Crippen MR) is 122 cm³/mol. The number of hydrogen-bond donors (Lipinski definition) is 2. The summed E-state index contributed by atoms with van der Waals surface area (Å²) < 4.78 is 1.17. The van der Waals surface area contributed by atoms with Gasteiger partial charge in [-0.15, -0.1) is 11.3 Å². The molecule has 0 atom stereocenters. The molecule has 1 spiro atoms. The minimum Gasteiger partial charge on any atom is -0.383 e. The van der Waals surface area contributed by atoms with Crippen molar-refractivity contribution in [1.82, 2.24) is 14.9 Å². The molecule has 0 unspecified atom stereocenters. The van der Waals surface area contributed by atoms with Gasteiger partial charge in [-0.3, -0.25) is 4.79 Å². The van der Waals surface area contributed by atoms with E-state index in [9.17, 15) is 9.59 Å². The summed E-state index contributed by atoms with van der Waals surface area (Å²) in [5.74, 6) is 1.77. The number of pyridine rings is 1. The molecule has 5 rings (SSSR count). The number of anilines is 3. The van der Waals surface area contributed by atoms with E-state index >= 15 is 0 Å². The maximum Gasteiger partial charge on any atom is 0.283 e. The Labute approximate surface area is 183 Å². The summed E-state index contributed by atoms with van der Waals surface area (Å²) >= 11 is 1.63. The lowest BCUT2D eigenvalue weighted by molar-refractivity contribution is -0.115. The SMILES string of the molecule is Cc1cc(NC(=O)C(=C=O)N2CC3(CCCN3c3ccc4scnc4c3)C2)cnc1N. The number of thiazole rings is 1. The zero-order chi connectivity index (χ0) is 21.6. The number of fused-ring (bicyclic) bond motifs is 1. The fourth-order valence-electron chi connectivity index (χ4n) is 4.61. The molecule has 2 aliphatic rings. The lowest BCUT2D eigenvalue weighted by Gasteiger charge is -2.54. The van der Waals surface area contributed by atoms with Gasteiger partial charge < -0.3 is 20.9 Å². The number of amides is 1. The Morgan fingerprint density at radius 3 is 2.90 bits per heavy atom. The van der Waals surface area contributed by atoms with Gasteiger partial charge in [0.1, 0.15) is 5.82 Å². The molecule has 3 N–H and O–H groups in total. The lowest BCUT2D eigenvalue weighted by Crippen LogP contribution is -2.68. The quantitative estimate of drug-likeness (QED) is 0.480. The van der Waals surface area contributed by atoms with E-state index in [2.05, 4.69) is 38.4 Å². The van der Waals surface area contributed by atoms with Crippen molar-refractivity contribution in [2.24, 2.45) is 0 Å². The zero-order valence-electron chi connectivity index (χ0n) is 17.1. The Bertz CT molecular complexity index is 1230. The highest BCUT2D eigenvalue weighted by Gasteiger charge is 2.52. The lowest BCUT2D eigenvalue weighted by atomic mass is 9.86. The van der Waals surface area contributed by atoms with Crippen LogP contribution in [0.25, 0.3) is 10.2 Å². The summed E-state index contributed by atoms with van der Waals surface area (Å²) in [7, 11) is 0. The fourth-order valence-corrected chi connectivity index (χ4v) is 5.26. The molecule has 3 aromatic rings. The van der Waals surface area contributed by atoms with E-state index in [-0.39, 0.29) is 11.2 Å². The number of nitrogens with two attached hydrogens (primary N) is 1. The van der Waals surface area contributed by atoms with Crippen LogP contribution in [0.15, 0.2) is 41.7 Å². The number of carbonyl (C=O) groups excluding carboxylic acids is 2. The number of nitrogens with one attached hydrogen (secondary N) is 1. The Hall–Kier alpha value is -3.42. The maximum atomic E-state index is 12.7. The standard InChI is InChI=1S/C22H22N6O2S/c1-14-7-15(9-24-20(14)23)26-21(30)18(10-29)27-11-22(12-27)5-2-6-28(22)16-3-4-19-17(8-16)25-13-31-19/h3-4,7-9,13H,2,5-6,11-12H2,1H3,(H2,23,24)(H,26,30). The van der Waals surface area contributed by atoms with E-state index < -0.39 is 5.91 Å². The van der Waals surface area contributed by atoms with E-state index in [1.807, 2.05) is 18.4 Å². The number of hydrogen-bond acceptors (Lipinski definition) is 8. The molecule has 2 aromatic heterocycles. The molecular weight excluding hydrogens is 412 g/mol. The van der Waals surface area contributed by atoms with Crippen LogP contribution in [0, 0.1) is 6.92 Å². The van der Waals surface area contributed by atoms with Gasteiger partial charge in [-0.05, 0) is 49.6 Å². The normalized spacial score (nSPS) is 16.9. The molecule has 0 saturated carbocycles. The van der Waals surface area contributed by atoms with Gasteiger partial charge in [-0.1, -0.05) is 0 Å². The van der Waals surface area contributed by atoms with Crippen molar-refractivity contribution in [3.63, 3.8) is 0 Å². The zero-order valence-corrected chi connectivity index (χ0v) is 17.9. The van der Waals surface area contributed by atoms with Crippen molar-refractivity contribution in [3.05, 3.63) is 47.2 Å².